The van der Waals surface area contributed by atoms with Gasteiger partial charge in [-0.25, -0.2) is 8.78 Å². The number of aryl methyl sites for hydroxylation is 2. The first kappa shape index (κ1) is 11.1. The van der Waals surface area contributed by atoms with Gasteiger partial charge in [0.15, 0.2) is 0 Å². The summed E-state index contributed by atoms with van der Waals surface area (Å²) >= 11 is 0. The van der Waals surface area contributed by atoms with Gasteiger partial charge < -0.3 is 5.73 Å². The highest BCUT2D eigenvalue weighted by Crippen LogP contribution is 2.22. The standard InChI is InChI=1S/C9H15F2N3/c1-6(12)3-4-7-5-14(2)13-8(7)9(10)11/h5-6,9H,3-4,12H2,1-2H3/t6-/m1/s1. The second kappa shape index (κ2) is 4.50. The van der Waals surface area contributed by atoms with Crippen LogP contribution in [0.2, 0.25) is 0 Å². The number of aromatic nitrogens is 2. The van der Waals surface area contributed by atoms with Gasteiger partial charge in [0.05, 0.1) is 0 Å². The average Bonchev–Trinajstić information content (AvgIpc) is 2.43. The Morgan fingerprint density at radius 3 is 2.71 bits per heavy atom. The first-order valence-corrected chi connectivity index (χ1v) is 4.57. The maximum atomic E-state index is 12.5. The van der Waals surface area contributed by atoms with Crippen molar-refractivity contribution in [1.29, 1.82) is 0 Å². The van der Waals surface area contributed by atoms with Crippen molar-refractivity contribution in [2.45, 2.75) is 32.2 Å². The Morgan fingerprint density at radius 1 is 1.57 bits per heavy atom. The average molecular weight is 203 g/mol. The lowest BCUT2D eigenvalue weighted by molar-refractivity contribution is 0.144. The highest BCUT2D eigenvalue weighted by atomic mass is 19.3. The largest absolute Gasteiger partial charge is 0.328 e. The van der Waals surface area contributed by atoms with Crippen LogP contribution in [0, 0.1) is 0 Å². The molecule has 1 aromatic heterocycles. The van der Waals surface area contributed by atoms with E-state index in [2.05, 4.69) is 5.10 Å². The molecule has 80 valence electrons. The number of alkyl halides is 2. The van der Waals surface area contributed by atoms with Crippen molar-refractivity contribution in [3.05, 3.63) is 17.5 Å². The van der Waals surface area contributed by atoms with Gasteiger partial charge >= 0.3 is 0 Å². The number of halogens is 2. The smallest absolute Gasteiger partial charge is 0.282 e. The predicted molar refractivity (Wildman–Crippen MR) is 50.1 cm³/mol. The third kappa shape index (κ3) is 2.77. The molecule has 5 heteroatoms. The highest BCUT2D eigenvalue weighted by molar-refractivity contribution is 5.18. The molecule has 1 heterocycles. The van der Waals surface area contributed by atoms with Gasteiger partial charge in [0.1, 0.15) is 5.69 Å². The Morgan fingerprint density at radius 2 is 2.21 bits per heavy atom. The molecule has 0 radical (unpaired) electrons. The van der Waals surface area contributed by atoms with Crippen LogP contribution in [0.1, 0.15) is 31.0 Å². The van der Waals surface area contributed by atoms with E-state index in [1.807, 2.05) is 6.92 Å². The molecular formula is C9H15F2N3. The minimum absolute atomic E-state index is 0.0285. The zero-order chi connectivity index (χ0) is 10.7. The quantitative estimate of drug-likeness (QED) is 0.808. The van der Waals surface area contributed by atoms with Crippen LogP contribution in [0.4, 0.5) is 8.78 Å². The van der Waals surface area contributed by atoms with E-state index in [0.717, 1.165) is 0 Å². The van der Waals surface area contributed by atoms with Crippen LogP contribution in [0.25, 0.3) is 0 Å². The van der Waals surface area contributed by atoms with Crippen LogP contribution in [0.5, 0.6) is 0 Å². The normalized spacial score (nSPS) is 13.6. The molecule has 0 fully saturated rings. The van der Waals surface area contributed by atoms with Gasteiger partial charge in [0.25, 0.3) is 6.43 Å². The number of rotatable bonds is 4. The molecule has 1 aromatic rings. The molecular weight excluding hydrogens is 188 g/mol. The van der Waals surface area contributed by atoms with E-state index < -0.39 is 6.43 Å². The second-order valence-corrected chi connectivity index (χ2v) is 3.53. The third-order valence-corrected chi connectivity index (χ3v) is 2.01. The topological polar surface area (TPSA) is 43.8 Å². The Labute approximate surface area is 81.9 Å². The molecule has 0 saturated carbocycles. The van der Waals surface area contributed by atoms with Crippen molar-refractivity contribution in [1.82, 2.24) is 9.78 Å². The molecule has 3 nitrogen and oxygen atoms in total. The van der Waals surface area contributed by atoms with Crippen LogP contribution in [-0.2, 0) is 13.5 Å². The first-order chi connectivity index (χ1) is 6.50. The monoisotopic (exact) mass is 203 g/mol. The van der Waals surface area contributed by atoms with Gasteiger partial charge in [-0.2, -0.15) is 5.10 Å². The van der Waals surface area contributed by atoms with E-state index in [4.69, 9.17) is 5.73 Å². The minimum Gasteiger partial charge on any atom is -0.328 e. The summed E-state index contributed by atoms with van der Waals surface area (Å²) in [6.45, 7) is 1.86. The second-order valence-electron chi connectivity index (χ2n) is 3.53. The Bertz CT molecular complexity index is 294. The molecule has 0 spiro atoms. The zero-order valence-electron chi connectivity index (χ0n) is 8.37. The fraction of sp³-hybridized carbons (Fsp3) is 0.667. The van der Waals surface area contributed by atoms with E-state index in [0.29, 0.717) is 18.4 Å². The SMILES string of the molecule is C[C@@H](N)CCc1cn(C)nc1C(F)F. The summed E-state index contributed by atoms with van der Waals surface area (Å²) in [6, 6.07) is 0.0285. The zero-order valence-corrected chi connectivity index (χ0v) is 8.37. The van der Waals surface area contributed by atoms with Gasteiger partial charge in [0.2, 0.25) is 0 Å². The van der Waals surface area contributed by atoms with Gasteiger partial charge in [-0.05, 0) is 25.3 Å². The van der Waals surface area contributed by atoms with Gasteiger partial charge in [0, 0.05) is 19.3 Å². The lowest BCUT2D eigenvalue weighted by atomic mass is 10.1. The van der Waals surface area contributed by atoms with Crippen LogP contribution >= 0.6 is 0 Å². The molecule has 0 aliphatic rings. The summed E-state index contributed by atoms with van der Waals surface area (Å²) < 4.78 is 26.3. The van der Waals surface area contributed by atoms with Crippen molar-refractivity contribution in [2.75, 3.05) is 0 Å². The number of nitrogens with two attached hydrogens (primary N) is 1. The summed E-state index contributed by atoms with van der Waals surface area (Å²) in [5.41, 5.74) is 6.04. The predicted octanol–water partition coefficient (Wildman–Crippen LogP) is 1.64. The fourth-order valence-electron chi connectivity index (χ4n) is 1.31. The highest BCUT2D eigenvalue weighted by Gasteiger charge is 2.17. The van der Waals surface area contributed by atoms with Crippen molar-refractivity contribution < 1.29 is 8.78 Å². The number of hydrogen-bond donors (Lipinski definition) is 1. The molecule has 0 aromatic carbocycles. The minimum atomic E-state index is -2.50. The van der Waals surface area contributed by atoms with Gasteiger partial charge in [-0.15, -0.1) is 0 Å². The summed E-state index contributed by atoms with van der Waals surface area (Å²) in [6.07, 6.45) is 0.389. The van der Waals surface area contributed by atoms with Crippen molar-refractivity contribution in [3.8, 4) is 0 Å². The first-order valence-electron chi connectivity index (χ1n) is 4.57. The van der Waals surface area contributed by atoms with Crippen LogP contribution in [-0.4, -0.2) is 15.8 Å². The summed E-state index contributed by atoms with van der Waals surface area (Å²) in [5, 5.41) is 3.71. The van der Waals surface area contributed by atoms with Crippen molar-refractivity contribution in [3.63, 3.8) is 0 Å². The van der Waals surface area contributed by atoms with Gasteiger partial charge in [-0.1, -0.05) is 0 Å². The number of hydrogen-bond acceptors (Lipinski definition) is 2. The van der Waals surface area contributed by atoms with E-state index in [1.165, 1.54) is 4.68 Å². The summed E-state index contributed by atoms with van der Waals surface area (Å²) in [4.78, 5) is 0. The van der Waals surface area contributed by atoms with Crippen LogP contribution in [0.15, 0.2) is 6.20 Å². The molecule has 2 N–H and O–H groups in total. The molecule has 0 unspecified atom stereocenters. The molecule has 0 bridgehead atoms. The maximum Gasteiger partial charge on any atom is 0.282 e. The molecule has 0 saturated heterocycles. The third-order valence-electron chi connectivity index (χ3n) is 2.01. The Balaban J connectivity index is 2.74. The summed E-state index contributed by atoms with van der Waals surface area (Å²) in [5.74, 6) is 0. The molecule has 1 rings (SSSR count). The molecule has 14 heavy (non-hydrogen) atoms. The van der Waals surface area contributed by atoms with Crippen molar-refractivity contribution >= 4 is 0 Å². The lowest BCUT2D eigenvalue weighted by Crippen LogP contribution is -2.15. The Hall–Kier alpha value is -0.970. The van der Waals surface area contributed by atoms with Crippen molar-refractivity contribution in [2.24, 2.45) is 12.8 Å². The van der Waals surface area contributed by atoms with Gasteiger partial charge in [-0.3, -0.25) is 4.68 Å². The maximum absolute atomic E-state index is 12.5. The van der Waals surface area contributed by atoms with Crippen LogP contribution in [0.3, 0.4) is 0 Å². The van der Waals surface area contributed by atoms with E-state index in [9.17, 15) is 8.78 Å². The van der Waals surface area contributed by atoms with Crippen LogP contribution < -0.4 is 5.73 Å². The molecule has 0 aliphatic carbocycles. The van der Waals surface area contributed by atoms with E-state index in [-0.39, 0.29) is 11.7 Å². The van der Waals surface area contributed by atoms with E-state index in [1.54, 1.807) is 13.2 Å². The number of nitrogens with zero attached hydrogens (tertiary/aromatic N) is 2. The fourth-order valence-corrected chi connectivity index (χ4v) is 1.31. The molecule has 0 aliphatic heterocycles. The van der Waals surface area contributed by atoms with E-state index >= 15 is 0 Å². The lowest BCUT2D eigenvalue weighted by Gasteiger charge is -2.04. The summed E-state index contributed by atoms with van der Waals surface area (Å²) in [7, 11) is 1.64. The Kier molecular flexibility index (Phi) is 3.57. The molecule has 0 amide bonds. The molecule has 1 atom stereocenters.